The van der Waals surface area contributed by atoms with Crippen molar-refractivity contribution in [2.24, 2.45) is 5.92 Å². The molecule has 10 heteroatoms. The van der Waals surface area contributed by atoms with Crippen LogP contribution in [0.3, 0.4) is 0 Å². The molecule has 28 heavy (non-hydrogen) atoms. The summed E-state index contributed by atoms with van der Waals surface area (Å²) in [6, 6.07) is 3.46. The van der Waals surface area contributed by atoms with E-state index in [0.29, 0.717) is 43.3 Å². The number of aromatic nitrogens is 4. The highest BCUT2D eigenvalue weighted by Gasteiger charge is 2.30. The summed E-state index contributed by atoms with van der Waals surface area (Å²) in [5, 5.41) is 4.32. The molecular weight excluding hydrogens is 364 g/mol. The van der Waals surface area contributed by atoms with Crippen molar-refractivity contribution in [3.63, 3.8) is 0 Å². The molecule has 0 unspecified atom stereocenters. The number of hydrogen-bond acceptors (Lipinski definition) is 8. The van der Waals surface area contributed by atoms with Crippen LogP contribution in [0.2, 0.25) is 0 Å². The minimum absolute atomic E-state index is 0.0927. The largest absolute Gasteiger partial charge is 0.466 e. The van der Waals surface area contributed by atoms with Crippen molar-refractivity contribution in [1.29, 1.82) is 0 Å². The van der Waals surface area contributed by atoms with Gasteiger partial charge in [0.05, 0.1) is 25.0 Å². The summed E-state index contributed by atoms with van der Waals surface area (Å²) in [5.74, 6) is 0.0263. The summed E-state index contributed by atoms with van der Waals surface area (Å²) in [6.07, 6.45) is 4.43. The zero-order valence-corrected chi connectivity index (χ0v) is 15.4. The molecular formula is C18H20N6O4. The average molecular weight is 384 g/mol. The fourth-order valence-corrected chi connectivity index (χ4v) is 3.30. The summed E-state index contributed by atoms with van der Waals surface area (Å²) in [4.78, 5) is 35.1. The molecule has 4 rings (SSSR count). The van der Waals surface area contributed by atoms with Crippen molar-refractivity contribution in [2.75, 3.05) is 25.4 Å². The molecule has 0 spiro atoms. The minimum atomic E-state index is -0.323. The Morgan fingerprint density at radius 1 is 1.39 bits per heavy atom. The predicted molar refractivity (Wildman–Crippen MR) is 98.2 cm³/mol. The van der Waals surface area contributed by atoms with Crippen LogP contribution in [-0.2, 0) is 9.53 Å². The highest BCUT2D eigenvalue weighted by Crippen LogP contribution is 2.22. The Labute approximate surface area is 160 Å². The molecule has 1 amide bonds. The maximum absolute atomic E-state index is 12.9. The monoisotopic (exact) mass is 384 g/mol. The summed E-state index contributed by atoms with van der Waals surface area (Å²) < 4.78 is 11.8. The van der Waals surface area contributed by atoms with Crippen LogP contribution < -0.4 is 5.73 Å². The topological polar surface area (TPSA) is 129 Å². The molecule has 0 aliphatic carbocycles. The minimum Gasteiger partial charge on any atom is -0.466 e. The lowest BCUT2D eigenvalue weighted by molar-refractivity contribution is -0.149. The van der Waals surface area contributed by atoms with Gasteiger partial charge in [0.1, 0.15) is 5.69 Å². The highest BCUT2D eigenvalue weighted by molar-refractivity contribution is 5.93. The van der Waals surface area contributed by atoms with E-state index in [4.69, 9.17) is 14.9 Å². The van der Waals surface area contributed by atoms with E-state index >= 15 is 0 Å². The van der Waals surface area contributed by atoms with Crippen molar-refractivity contribution in [1.82, 2.24) is 24.5 Å². The van der Waals surface area contributed by atoms with Crippen LogP contribution in [0.4, 0.5) is 5.82 Å². The van der Waals surface area contributed by atoms with Crippen molar-refractivity contribution >= 4 is 23.3 Å². The predicted octanol–water partition coefficient (Wildman–Crippen LogP) is 1.38. The van der Waals surface area contributed by atoms with Crippen LogP contribution in [-0.4, -0.2) is 56.1 Å². The van der Waals surface area contributed by atoms with Crippen molar-refractivity contribution in [3.05, 3.63) is 30.3 Å². The number of hydrogen-bond donors (Lipinski definition) is 1. The fourth-order valence-electron chi connectivity index (χ4n) is 3.30. The van der Waals surface area contributed by atoms with Gasteiger partial charge in [-0.3, -0.25) is 9.59 Å². The van der Waals surface area contributed by atoms with Crippen LogP contribution in [0.5, 0.6) is 0 Å². The Kier molecular flexibility index (Phi) is 4.68. The van der Waals surface area contributed by atoms with Gasteiger partial charge in [-0.15, -0.1) is 5.10 Å². The number of nitrogens with two attached hydrogens (primary N) is 1. The first-order valence-electron chi connectivity index (χ1n) is 9.09. The zero-order valence-electron chi connectivity index (χ0n) is 15.4. The molecule has 3 aromatic heterocycles. The van der Waals surface area contributed by atoms with E-state index in [1.807, 2.05) is 0 Å². The standard InChI is InChI=1S/C18H20N6O4/c1-2-27-18(26)11-5-3-7-23(9-11)17(25)12-10-24-16(14(19)20-12)21-15(22-24)13-6-4-8-28-13/h4,6,8,10-11H,2-3,5,7,9H2,1H3,(H2,19,20)/t11-/m1/s1. The number of furan rings is 1. The number of anilines is 1. The Morgan fingerprint density at radius 2 is 2.25 bits per heavy atom. The number of carbonyl (C=O) groups excluding carboxylic acids is 2. The number of rotatable bonds is 4. The van der Waals surface area contributed by atoms with Gasteiger partial charge in [-0.1, -0.05) is 0 Å². The number of nitrogen functional groups attached to an aromatic ring is 1. The van der Waals surface area contributed by atoms with Gasteiger partial charge in [0.2, 0.25) is 5.82 Å². The van der Waals surface area contributed by atoms with Crippen LogP contribution in [0, 0.1) is 5.92 Å². The third-order valence-electron chi connectivity index (χ3n) is 4.64. The van der Waals surface area contributed by atoms with Crippen molar-refractivity contribution in [2.45, 2.75) is 19.8 Å². The molecule has 146 valence electrons. The van der Waals surface area contributed by atoms with Crippen molar-refractivity contribution < 1.29 is 18.7 Å². The summed E-state index contributed by atoms with van der Waals surface area (Å²) in [7, 11) is 0. The molecule has 3 aromatic rings. The molecule has 1 aliphatic rings. The Balaban J connectivity index is 1.59. The summed E-state index contributed by atoms with van der Waals surface area (Å²) >= 11 is 0. The van der Waals surface area contributed by atoms with Gasteiger partial charge in [-0.05, 0) is 31.9 Å². The molecule has 1 atom stereocenters. The molecule has 0 radical (unpaired) electrons. The number of esters is 1. The van der Waals surface area contributed by atoms with E-state index in [1.54, 1.807) is 24.0 Å². The lowest BCUT2D eigenvalue weighted by Crippen LogP contribution is -2.43. The van der Waals surface area contributed by atoms with Crippen LogP contribution in [0.25, 0.3) is 17.2 Å². The second-order valence-corrected chi connectivity index (χ2v) is 6.53. The molecule has 0 bridgehead atoms. The molecule has 0 aromatic carbocycles. The number of fused-ring (bicyclic) bond motifs is 1. The zero-order chi connectivity index (χ0) is 19.7. The average Bonchev–Trinajstić information content (AvgIpc) is 3.37. The molecule has 10 nitrogen and oxygen atoms in total. The second-order valence-electron chi connectivity index (χ2n) is 6.53. The Morgan fingerprint density at radius 3 is 3.00 bits per heavy atom. The maximum Gasteiger partial charge on any atom is 0.310 e. The normalized spacial score (nSPS) is 17.0. The number of likely N-dealkylation sites (tertiary alicyclic amines) is 1. The first kappa shape index (κ1) is 18.0. The number of ether oxygens (including phenoxy) is 1. The lowest BCUT2D eigenvalue weighted by atomic mass is 9.98. The maximum atomic E-state index is 12.9. The van der Waals surface area contributed by atoms with Gasteiger partial charge in [0.15, 0.2) is 17.2 Å². The smallest absolute Gasteiger partial charge is 0.310 e. The molecule has 2 N–H and O–H groups in total. The molecule has 1 fully saturated rings. The van der Waals surface area contributed by atoms with Gasteiger partial charge in [0, 0.05) is 13.1 Å². The third-order valence-corrected chi connectivity index (χ3v) is 4.64. The summed E-state index contributed by atoms with van der Waals surface area (Å²) in [5.41, 5.74) is 6.48. The number of amides is 1. The molecule has 0 saturated carbocycles. The quantitative estimate of drug-likeness (QED) is 0.668. The fraction of sp³-hybridized carbons (Fsp3) is 0.389. The number of nitrogens with zero attached hydrogens (tertiary/aromatic N) is 5. The van der Waals surface area contributed by atoms with E-state index in [1.165, 1.54) is 17.0 Å². The van der Waals surface area contributed by atoms with Crippen LogP contribution >= 0.6 is 0 Å². The van der Waals surface area contributed by atoms with E-state index in [2.05, 4.69) is 15.1 Å². The van der Waals surface area contributed by atoms with Crippen LogP contribution in [0.15, 0.2) is 29.0 Å². The van der Waals surface area contributed by atoms with E-state index in [9.17, 15) is 9.59 Å². The molecule has 4 heterocycles. The van der Waals surface area contributed by atoms with E-state index in [0.717, 1.165) is 6.42 Å². The highest BCUT2D eigenvalue weighted by atomic mass is 16.5. The van der Waals surface area contributed by atoms with Gasteiger partial charge in [-0.25, -0.2) is 14.5 Å². The summed E-state index contributed by atoms with van der Waals surface area (Å²) in [6.45, 7) is 2.93. The number of piperidine rings is 1. The second kappa shape index (κ2) is 7.29. The lowest BCUT2D eigenvalue weighted by Gasteiger charge is -2.31. The van der Waals surface area contributed by atoms with E-state index < -0.39 is 0 Å². The molecule has 1 saturated heterocycles. The van der Waals surface area contributed by atoms with Gasteiger partial charge >= 0.3 is 5.97 Å². The Hall–Kier alpha value is -3.43. The number of carbonyl (C=O) groups is 2. The van der Waals surface area contributed by atoms with Gasteiger partial charge in [-0.2, -0.15) is 0 Å². The first-order valence-corrected chi connectivity index (χ1v) is 9.09. The third kappa shape index (κ3) is 3.28. The SMILES string of the molecule is CCOC(=O)[C@@H]1CCCN(C(=O)c2cn3nc(-c4ccco4)nc3c(N)n2)C1. The van der Waals surface area contributed by atoms with Crippen molar-refractivity contribution in [3.8, 4) is 11.6 Å². The van der Waals surface area contributed by atoms with E-state index in [-0.39, 0.29) is 29.3 Å². The van der Waals surface area contributed by atoms with Gasteiger partial charge in [0.25, 0.3) is 5.91 Å². The first-order chi connectivity index (χ1) is 13.6. The Bertz CT molecular complexity index is 1010. The van der Waals surface area contributed by atoms with Crippen LogP contribution in [0.1, 0.15) is 30.3 Å². The molecule has 1 aliphatic heterocycles. The van der Waals surface area contributed by atoms with Gasteiger partial charge < -0.3 is 19.8 Å².